The van der Waals surface area contributed by atoms with Crippen molar-refractivity contribution in [1.29, 1.82) is 5.26 Å². The first-order chi connectivity index (χ1) is 11.9. The molecule has 0 aromatic carbocycles. The van der Waals surface area contributed by atoms with Crippen LogP contribution in [0.1, 0.15) is 39.3 Å². The molecule has 0 radical (unpaired) electrons. The third-order valence-corrected chi connectivity index (χ3v) is 5.42. The molecule has 0 amide bonds. The number of nitrogens with two attached hydrogens (primary N) is 1. The predicted octanol–water partition coefficient (Wildman–Crippen LogP) is 3.02. The second-order valence-electron chi connectivity index (χ2n) is 5.83. The maximum atomic E-state index is 12.4. The highest BCUT2D eigenvalue weighted by Gasteiger charge is 2.32. The molecule has 2 N–H and O–H groups in total. The van der Waals surface area contributed by atoms with Crippen LogP contribution in [0.4, 0.5) is 0 Å². The number of pyridine rings is 1. The SMILES string of the molecule is C=C1C[C@@](C)(c2cc(CC(=O)c3ncc(C#N)s3)ccn2)N=C(N)S1. The summed E-state index contributed by atoms with van der Waals surface area (Å²) >= 11 is 2.48. The Morgan fingerprint density at radius 3 is 3.00 bits per heavy atom. The molecule has 126 valence electrons. The van der Waals surface area contributed by atoms with Crippen LogP contribution in [-0.4, -0.2) is 20.9 Å². The van der Waals surface area contributed by atoms with Gasteiger partial charge in [-0.05, 0) is 29.5 Å². The van der Waals surface area contributed by atoms with Gasteiger partial charge >= 0.3 is 0 Å². The van der Waals surface area contributed by atoms with Crippen molar-refractivity contribution in [3.63, 3.8) is 0 Å². The lowest BCUT2D eigenvalue weighted by Gasteiger charge is -2.30. The van der Waals surface area contributed by atoms with Gasteiger partial charge in [0.2, 0.25) is 0 Å². The van der Waals surface area contributed by atoms with Gasteiger partial charge in [-0.15, -0.1) is 0 Å². The molecule has 3 rings (SSSR count). The number of aromatic nitrogens is 2. The molecule has 3 heterocycles. The van der Waals surface area contributed by atoms with Crippen molar-refractivity contribution in [3.05, 3.63) is 57.2 Å². The van der Waals surface area contributed by atoms with E-state index in [1.165, 1.54) is 18.0 Å². The van der Waals surface area contributed by atoms with Gasteiger partial charge in [-0.2, -0.15) is 5.26 Å². The van der Waals surface area contributed by atoms with E-state index in [9.17, 15) is 4.79 Å². The van der Waals surface area contributed by atoms with Crippen LogP contribution in [0.3, 0.4) is 0 Å². The van der Waals surface area contributed by atoms with E-state index in [1.54, 1.807) is 12.3 Å². The quantitative estimate of drug-likeness (QED) is 0.831. The molecule has 0 unspecified atom stereocenters. The van der Waals surface area contributed by atoms with Crippen LogP contribution in [-0.2, 0) is 12.0 Å². The van der Waals surface area contributed by atoms with E-state index in [4.69, 9.17) is 11.0 Å². The second kappa shape index (κ2) is 6.78. The zero-order chi connectivity index (χ0) is 18.0. The summed E-state index contributed by atoms with van der Waals surface area (Å²) in [5.74, 6) is -0.125. The fraction of sp³-hybridized carbons (Fsp3) is 0.235. The van der Waals surface area contributed by atoms with Crippen molar-refractivity contribution >= 4 is 34.0 Å². The maximum absolute atomic E-state index is 12.4. The van der Waals surface area contributed by atoms with Gasteiger partial charge in [-0.25, -0.2) is 9.98 Å². The van der Waals surface area contributed by atoms with Crippen LogP contribution in [0.5, 0.6) is 0 Å². The van der Waals surface area contributed by atoms with Crippen molar-refractivity contribution in [3.8, 4) is 6.07 Å². The highest BCUT2D eigenvalue weighted by Crippen LogP contribution is 2.39. The van der Waals surface area contributed by atoms with Gasteiger partial charge in [0.25, 0.3) is 0 Å². The average Bonchev–Trinajstić information content (AvgIpc) is 3.03. The van der Waals surface area contributed by atoms with Crippen molar-refractivity contribution in [2.45, 2.75) is 25.3 Å². The topological polar surface area (TPSA) is 105 Å². The van der Waals surface area contributed by atoms with E-state index in [-0.39, 0.29) is 12.2 Å². The summed E-state index contributed by atoms with van der Waals surface area (Å²) in [4.78, 5) is 26.7. The Morgan fingerprint density at radius 2 is 2.32 bits per heavy atom. The number of ketones is 1. The minimum absolute atomic E-state index is 0.125. The number of amidine groups is 1. The largest absolute Gasteiger partial charge is 0.378 e. The number of thioether (sulfide) groups is 1. The van der Waals surface area contributed by atoms with Crippen LogP contribution < -0.4 is 5.73 Å². The molecule has 1 aliphatic rings. The number of aliphatic imine (C=N–C) groups is 1. The monoisotopic (exact) mass is 369 g/mol. The van der Waals surface area contributed by atoms with Crippen LogP contribution >= 0.6 is 23.1 Å². The Labute approximate surface area is 153 Å². The van der Waals surface area contributed by atoms with E-state index in [0.717, 1.165) is 27.5 Å². The maximum Gasteiger partial charge on any atom is 0.195 e. The molecule has 1 atom stereocenters. The number of thiazole rings is 1. The van der Waals surface area contributed by atoms with Crippen molar-refractivity contribution in [2.75, 3.05) is 0 Å². The summed E-state index contributed by atoms with van der Waals surface area (Å²) < 4.78 is 0. The zero-order valence-corrected chi connectivity index (χ0v) is 15.2. The van der Waals surface area contributed by atoms with Crippen molar-refractivity contribution in [2.24, 2.45) is 10.7 Å². The number of carbonyl (C=O) groups excluding carboxylic acids is 1. The Bertz CT molecular complexity index is 927. The molecule has 1 aliphatic heterocycles. The van der Waals surface area contributed by atoms with E-state index >= 15 is 0 Å². The van der Waals surface area contributed by atoms with Crippen molar-refractivity contribution < 1.29 is 4.79 Å². The van der Waals surface area contributed by atoms with Gasteiger partial charge in [0.05, 0.1) is 11.9 Å². The number of carbonyl (C=O) groups is 1. The molecular formula is C17H15N5OS2. The standard InChI is InChI=1S/C17H15N5OS2/c1-10-7-17(2,22-16(19)24-10)14-6-11(3-4-20-14)5-13(23)15-21-9-12(8-18)25-15/h3-4,6,9H,1,5,7H2,2H3,(H2,19,22)/t17-/m0/s1. The lowest BCUT2D eigenvalue weighted by atomic mass is 9.92. The second-order valence-corrected chi connectivity index (χ2v) is 8.06. The van der Waals surface area contributed by atoms with Gasteiger partial charge in [-0.1, -0.05) is 29.7 Å². The molecule has 0 saturated heterocycles. The predicted molar refractivity (Wildman–Crippen MR) is 99.4 cm³/mol. The zero-order valence-electron chi connectivity index (χ0n) is 13.5. The first-order valence-corrected chi connectivity index (χ1v) is 9.08. The molecule has 0 bridgehead atoms. The third-order valence-electron chi connectivity index (χ3n) is 3.74. The van der Waals surface area contributed by atoms with Gasteiger partial charge in [0, 0.05) is 19.0 Å². The Kier molecular flexibility index (Phi) is 4.70. The number of hydrogen-bond donors (Lipinski definition) is 1. The summed E-state index contributed by atoms with van der Waals surface area (Å²) in [5.41, 5.74) is 6.87. The Morgan fingerprint density at radius 1 is 1.52 bits per heavy atom. The number of nitrogens with zero attached hydrogens (tertiary/aromatic N) is 4. The fourth-order valence-corrected chi connectivity index (χ4v) is 4.16. The number of nitriles is 1. The molecule has 0 saturated carbocycles. The third kappa shape index (κ3) is 3.78. The lowest BCUT2D eigenvalue weighted by Crippen LogP contribution is -2.28. The van der Waals surface area contributed by atoms with Crippen LogP contribution in [0.25, 0.3) is 0 Å². The van der Waals surface area contributed by atoms with Crippen LogP contribution in [0, 0.1) is 11.3 Å². The van der Waals surface area contributed by atoms with Gasteiger partial charge in [0.15, 0.2) is 16.0 Å². The fourth-order valence-electron chi connectivity index (χ4n) is 2.62. The minimum Gasteiger partial charge on any atom is -0.378 e. The molecule has 0 fully saturated rings. The molecule has 8 heteroatoms. The highest BCUT2D eigenvalue weighted by molar-refractivity contribution is 8.17. The number of rotatable bonds is 4. The summed E-state index contributed by atoms with van der Waals surface area (Å²) in [6.45, 7) is 5.95. The van der Waals surface area contributed by atoms with E-state index in [1.807, 2.05) is 19.1 Å². The summed E-state index contributed by atoms with van der Waals surface area (Å²) in [6.07, 6.45) is 3.92. The first kappa shape index (κ1) is 17.3. The summed E-state index contributed by atoms with van der Waals surface area (Å²) in [5, 5.41) is 9.65. The van der Waals surface area contributed by atoms with E-state index in [0.29, 0.717) is 21.5 Å². The minimum atomic E-state index is -0.583. The molecule has 6 nitrogen and oxygen atoms in total. The normalized spacial score (nSPS) is 20.0. The summed E-state index contributed by atoms with van der Waals surface area (Å²) in [7, 11) is 0. The molecule has 2 aromatic rings. The van der Waals surface area contributed by atoms with Crippen LogP contribution in [0.15, 0.2) is 41.0 Å². The van der Waals surface area contributed by atoms with Crippen LogP contribution in [0.2, 0.25) is 0 Å². The summed E-state index contributed by atoms with van der Waals surface area (Å²) in [6, 6.07) is 5.65. The lowest BCUT2D eigenvalue weighted by molar-refractivity contribution is 0.0992. The Hall–Kier alpha value is -2.50. The molecular weight excluding hydrogens is 354 g/mol. The highest BCUT2D eigenvalue weighted by atomic mass is 32.2. The molecule has 25 heavy (non-hydrogen) atoms. The van der Waals surface area contributed by atoms with E-state index in [2.05, 4.69) is 21.5 Å². The van der Waals surface area contributed by atoms with Gasteiger partial charge < -0.3 is 5.73 Å². The number of Topliss-reactive ketones (excluding diaryl/α,β-unsaturated/α-hetero) is 1. The van der Waals surface area contributed by atoms with Crippen molar-refractivity contribution in [1.82, 2.24) is 9.97 Å². The number of hydrogen-bond acceptors (Lipinski definition) is 8. The van der Waals surface area contributed by atoms with E-state index < -0.39 is 5.54 Å². The molecule has 0 spiro atoms. The smallest absolute Gasteiger partial charge is 0.195 e. The Balaban J connectivity index is 1.84. The van der Waals surface area contributed by atoms with Gasteiger partial charge in [-0.3, -0.25) is 9.78 Å². The van der Waals surface area contributed by atoms with Gasteiger partial charge in [0.1, 0.15) is 16.5 Å². The average molecular weight is 369 g/mol. The molecule has 0 aliphatic carbocycles. The molecule has 2 aromatic heterocycles. The first-order valence-electron chi connectivity index (χ1n) is 7.45.